The van der Waals surface area contributed by atoms with Crippen LogP contribution in [0.3, 0.4) is 0 Å². The predicted octanol–water partition coefficient (Wildman–Crippen LogP) is 1.65. The highest BCUT2D eigenvalue weighted by atomic mass is 32.2. The maximum absolute atomic E-state index is 12.0. The molecule has 1 saturated heterocycles. The molecule has 1 heterocycles. The fraction of sp³-hybridized carbons (Fsp3) is 0.462. The van der Waals surface area contributed by atoms with Gasteiger partial charge in [0.05, 0.1) is 5.25 Å². The second-order valence-electron chi connectivity index (χ2n) is 4.98. The highest BCUT2D eigenvalue weighted by Gasteiger charge is 2.32. The van der Waals surface area contributed by atoms with Crippen molar-refractivity contribution in [3.8, 4) is 0 Å². The first kappa shape index (κ1) is 13.9. The summed E-state index contributed by atoms with van der Waals surface area (Å²) >= 11 is 0. The lowest BCUT2D eigenvalue weighted by atomic mass is 10.2. The topological polar surface area (TPSA) is 66.5 Å². The van der Waals surface area contributed by atoms with Crippen LogP contribution < -0.4 is 5.32 Å². The molecule has 0 radical (unpaired) electrons. The van der Waals surface area contributed by atoms with E-state index in [2.05, 4.69) is 5.32 Å². The van der Waals surface area contributed by atoms with Gasteiger partial charge in [0.15, 0.2) is 9.84 Å². The monoisotopic (exact) mass is 282 g/mol. The third kappa shape index (κ3) is 3.47. The second-order valence-corrected chi connectivity index (χ2v) is 7.31. The maximum Gasteiger partial charge on any atom is 0.321 e. The highest BCUT2D eigenvalue weighted by molar-refractivity contribution is 7.91. The van der Waals surface area contributed by atoms with Crippen molar-refractivity contribution in [2.75, 3.05) is 24.7 Å². The van der Waals surface area contributed by atoms with Crippen LogP contribution in [0.25, 0.3) is 0 Å². The molecule has 1 aromatic rings. The molecule has 1 aromatic carbocycles. The number of hydrogen-bond acceptors (Lipinski definition) is 3. The molecule has 2 rings (SSSR count). The number of benzene rings is 1. The lowest BCUT2D eigenvalue weighted by Crippen LogP contribution is -2.34. The van der Waals surface area contributed by atoms with E-state index >= 15 is 0 Å². The Bertz CT molecular complexity index is 566. The molecular formula is C13H18N2O3S. The molecule has 0 spiro atoms. The first-order valence-corrected chi connectivity index (χ1v) is 8.13. The van der Waals surface area contributed by atoms with Crippen LogP contribution in [0.2, 0.25) is 0 Å². The van der Waals surface area contributed by atoms with Gasteiger partial charge in [-0.2, -0.15) is 0 Å². The molecule has 5 nitrogen and oxygen atoms in total. The lowest BCUT2D eigenvalue weighted by molar-refractivity contribution is 0.222. The smallest absolute Gasteiger partial charge is 0.321 e. The summed E-state index contributed by atoms with van der Waals surface area (Å²) in [5.74, 6) is 0. The summed E-state index contributed by atoms with van der Waals surface area (Å²) in [6.45, 7) is 2.73. The first-order chi connectivity index (χ1) is 8.86. The fourth-order valence-corrected chi connectivity index (χ4v) is 3.09. The van der Waals surface area contributed by atoms with E-state index in [-0.39, 0.29) is 12.6 Å². The Morgan fingerprint density at radius 1 is 1.32 bits per heavy atom. The summed E-state index contributed by atoms with van der Waals surface area (Å²) < 4.78 is 22.9. The van der Waals surface area contributed by atoms with Crippen LogP contribution in [0.4, 0.5) is 10.5 Å². The van der Waals surface area contributed by atoms with Crippen LogP contribution >= 0.6 is 0 Å². The van der Waals surface area contributed by atoms with Crippen LogP contribution in [0.1, 0.15) is 12.0 Å². The molecule has 1 N–H and O–H groups in total. The van der Waals surface area contributed by atoms with E-state index in [1.54, 1.807) is 4.90 Å². The van der Waals surface area contributed by atoms with E-state index in [1.807, 2.05) is 31.2 Å². The number of carbonyl (C=O) groups is 1. The average Bonchev–Trinajstić information content (AvgIpc) is 2.81. The Balaban J connectivity index is 1.97. The predicted molar refractivity (Wildman–Crippen MR) is 75.0 cm³/mol. The summed E-state index contributed by atoms with van der Waals surface area (Å²) in [6, 6.07) is 7.25. The van der Waals surface area contributed by atoms with Gasteiger partial charge >= 0.3 is 6.03 Å². The molecule has 0 saturated carbocycles. The zero-order valence-corrected chi connectivity index (χ0v) is 11.9. The number of anilines is 1. The van der Waals surface area contributed by atoms with Gasteiger partial charge in [0, 0.05) is 25.0 Å². The van der Waals surface area contributed by atoms with Crippen molar-refractivity contribution >= 4 is 21.6 Å². The van der Waals surface area contributed by atoms with Gasteiger partial charge in [-0.25, -0.2) is 13.2 Å². The van der Waals surface area contributed by atoms with Gasteiger partial charge in [-0.05, 0) is 25.5 Å². The summed E-state index contributed by atoms with van der Waals surface area (Å²) in [7, 11) is -3.07. The van der Waals surface area contributed by atoms with E-state index in [4.69, 9.17) is 0 Å². The average molecular weight is 282 g/mol. The number of amides is 2. The normalized spacial score (nSPS) is 19.5. The number of rotatable bonds is 2. The van der Waals surface area contributed by atoms with Crippen LogP contribution in [0.5, 0.6) is 0 Å². The van der Waals surface area contributed by atoms with Crippen molar-refractivity contribution in [1.29, 1.82) is 0 Å². The third-order valence-electron chi connectivity index (χ3n) is 3.34. The Labute approximate surface area is 113 Å². The molecule has 0 aliphatic carbocycles. The molecule has 1 aliphatic heterocycles. The van der Waals surface area contributed by atoms with E-state index in [0.717, 1.165) is 11.3 Å². The standard InChI is InChI=1S/C13H18N2O3S/c1-10-3-5-11(6-4-10)14-13(16)15-8-7-12(9-15)19(2,17)18/h3-6,12H,7-9H2,1-2H3,(H,14,16)/t12-/m1/s1. The largest absolute Gasteiger partial charge is 0.323 e. The number of urea groups is 1. The zero-order valence-electron chi connectivity index (χ0n) is 11.1. The van der Waals surface area contributed by atoms with Gasteiger partial charge in [0.25, 0.3) is 0 Å². The van der Waals surface area contributed by atoms with Crippen LogP contribution in [0.15, 0.2) is 24.3 Å². The fourth-order valence-electron chi connectivity index (χ4n) is 2.10. The minimum absolute atomic E-state index is 0.241. The van der Waals surface area contributed by atoms with Gasteiger partial charge < -0.3 is 10.2 Å². The molecule has 1 aliphatic rings. The molecule has 19 heavy (non-hydrogen) atoms. The zero-order chi connectivity index (χ0) is 14.0. The van der Waals surface area contributed by atoms with Gasteiger partial charge in [-0.15, -0.1) is 0 Å². The number of aryl methyl sites for hydroxylation is 1. The van der Waals surface area contributed by atoms with Gasteiger partial charge in [-0.3, -0.25) is 0 Å². The van der Waals surface area contributed by atoms with Crippen LogP contribution in [0, 0.1) is 6.92 Å². The summed E-state index contributed by atoms with van der Waals surface area (Å²) in [5.41, 5.74) is 1.84. The summed E-state index contributed by atoms with van der Waals surface area (Å²) in [5, 5.41) is 2.34. The Morgan fingerprint density at radius 2 is 1.95 bits per heavy atom. The number of carbonyl (C=O) groups excluding carboxylic acids is 1. The number of nitrogens with one attached hydrogen (secondary N) is 1. The van der Waals surface area contributed by atoms with Gasteiger partial charge in [-0.1, -0.05) is 17.7 Å². The van der Waals surface area contributed by atoms with E-state index in [9.17, 15) is 13.2 Å². The van der Waals surface area contributed by atoms with Crippen molar-refractivity contribution in [3.63, 3.8) is 0 Å². The minimum atomic E-state index is -3.07. The number of nitrogens with zero attached hydrogens (tertiary/aromatic N) is 1. The number of sulfone groups is 1. The SMILES string of the molecule is Cc1ccc(NC(=O)N2CC[C@@H](S(C)(=O)=O)C2)cc1. The summed E-state index contributed by atoms with van der Waals surface area (Å²) in [6.07, 6.45) is 1.74. The Morgan fingerprint density at radius 3 is 2.47 bits per heavy atom. The quantitative estimate of drug-likeness (QED) is 0.897. The molecule has 0 aromatic heterocycles. The van der Waals surface area contributed by atoms with Crippen molar-refractivity contribution in [3.05, 3.63) is 29.8 Å². The molecule has 6 heteroatoms. The minimum Gasteiger partial charge on any atom is -0.323 e. The van der Waals surface area contributed by atoms with Gasteiger partial charge in [0.2, 0.25) is 0 Å². The Kier molecular flexibility index (Phi) is 3.80. The van der Waals surface area contributed by atoms with Crippen LogP contribution in [-0.2, 0) is 9.84 Å². The molecular weight excluding hydrogens is 264 g/mol. The third-order valence-corrected chi connectivity index (χ3v) is 4.94. The number of likely N-dealkylation sites (tertiary alicyclic amines) is 1. The van der Waals surface area contributed by atoms with E-state index in [1.165, 1.54) is 6.26 Å². The molecule has 0 bridgehead atoms. The molecule has 0 unspecified atom stereocenters. The highest BCUT2D eigenvalue weighted by Crippen LogP contribution is 2.17. The van der Waals surface area contributed by atoms with Crippen molar-refractivity contribution in [2.24, 2.45) is 0 Å². The van der Waals surface area contributed by atoms with Crippen LogP contribution in [-0.4, -0.2) is 43.9 Å². The lowest BCUT2D eigenvalue weighted by Gasteiger charge is -2.17. The van der Waals surface area contributed by atoms with Crippen molar-refractivity contribution in [1.82, 2.24) is 4.90 Å². The second kappa shape index (κ2) is 5.21. The first-order valence-electron chi connectivity index (χ1n) is 6.18. The number of hydrogen-bond donors (Lipinski definition) is 1. The van der Waals surface area contributed by atoms with Crippen molar-refractivity contribution < 1.29 is 13.2 Å². The molecule has 1 atom stereocenters. The van der Waals surface area contributed by atoms with Crippen molar-refractivity contribution in [2.45, 2.75) is 18.6 Å². The van der Waals surface area contributed by atoms with E-state index < -0.39 is 15.1 Å². The van der Waals surface area contributed by atoms with Gasteiger partial charge in [0.1, 0.15) is 0 Å². The molecule has 2 amide bonds. The molecule has 104 valence electrons. The Hall–Kier alpha value is -1.56. The maximum atomic E-state index is 12.0. The summed E-state index contributed by atoms with van der Waals surface area (Å²) in [4.78, 5) is 13.5. The van der Waals surface area contributed by atoms with E-state index in [0.29, 0.717) is 13.0 Å². The molecule has 1 fully saturated rings.